The molecule has 16 heavy (non-hydrogen) atoms. The molecule has 0 amide bonds. The maximum atomic E-state index is 11.9. The summed E-state index contributed by atoms with van der Waals surface area (Å²) in [4.78, 5) is 11.9. The Hall–Kier alpha value is -1.71. The third kappa shape index (κ3) is 1.83. The van der Waals surface area contributed by atoms with Gasteiger partial charge < -0.3 is 4.74 Å². The van der Waals surface area contributed by atoms with E-state index in [1.54, 1.807) is 19.1 Å². The van der Waals surface area contributed by atoms with Crippen LogP contribution in [0.1, 0.15) is 36.7 Å². The number of ether oxygens (including phenoxy) is 1. The largest absolute Gasteiger partial charge is 0.456 e. The first-order chi connectivity index (χ1) is 7.38. The van der Waals surface area contributed by atoms with Gasteiger partial charge in [0.25, 0.3) is 0 Å². The molecule has 0 radical (unpaired) electrons. The summed E-state index contributed by atoms with van der Waals surface area (Å²) in [7, 11) is 0. The average molecular weight is 222 g/mol. The molecule has 0 aliphatic carbocycles. The van der Waals surface area contributed by atoms with Gasteiger partial charge in [0.1, 0.15) is 5.60 Å². The molecule has 4 heteroatoms. The summed E-state index contributed by atoms with van der Waals surface area (Å²) in [5, 5.41) is 0. The van der Waals surface area contributed by atoms with Crippen LogP contribution in [0.5, 0.6) is 0 Å². The molecule has 0 fully saturated rings. The van der Waals surface area contributed by atoms with Gasteiger partial charge in [-0.05, 0) is 39.8 Å². The molecule has 1 heterocycles. The van der Waals surface area contributed by atoms with Crippen LogP contribution in [0.25, 0.3) is 11.2 Å². The molecule has 4 nitrogen and oxygen atoms in total. The zero-order valence-electron chi connectivity index (χ0n) is 9.79. The fourth-order valence-corrected chi connectivity index (χ4v) is 1.44. The first-order valence-electron chi connectivity index (χ1n) is 5.10. The Bertz CT molecular complexity index is 525. The van der Waals surface area contributed by atoms with Gasteiger partial charge in [-0.1, -0.05) is 0 Å². The molecule has 0 saturated heterocycles. The second kappa shape index (κ2) is 3.40. The number of benzene rings is 1. The van der Waals surface area contributed by atoms with E-state index in [9.17, 15) is 4.79 Å². The molecule has 0 aliphatic heterocycles. The predicted molar refractivity (Wildman–Crippen MR) is 58.4 cm³/mol. The van der Waals surface area contributed by atoms with Gasteiger partial charge in [-0.2, -0.15) is 0 Å². The predicted octanol–water partition coefficient (Wildman–Crippen LogP) is 3.29. The van der Waals surface area contributed by atoms with E-state index in [0.29, 0.717) is 16.7 Å². The lowest BCUT2D eigenvalue weighted by atomic mass is 10.1. The van der Waals surface area contributed by atoms with Crippen molar-refractivity contribution in [2.75, 3.05) is 0 Å². The normalized spacial score (nSPS) is 12.0. The van der Waals surface area contributed by atoms with Crippen LogP contribution in [-0.4, -0.2) is 11.6 Å². The highest BCUT2D eigenvalue weighted by Gasteiger charge is 2.22. The smallest absolute Gasteiger partial charge is 0.339 e. The molecule has 1 aromatic carbocycles. The molecule has 0 spiro atoms. The summed E-state index contributed by atoms with van der Waals surface area (Å²) in [6.07, 6.45) is 0. The number of rotatable bonds is 1. The van der Waals surface area contributed by atoms with E-state index in [2.05, 4.69) is 0 Å². The first-order valence-corrected chi connectivity index (χ1v) is 5.10. The lowest BCUT2D eigenvalue weighted by molar-refractivity contribution is 0.00670. The number of carbonyl (C=O) groups is 1. The Kier molecular flexibility index (Phi) is 2.30. The Morgan fingerprint density at radius 1 is 1.25 bits per heavy atom. The highest BCUT2D eigenvalue weighted by Crippen LogP contribution is 2.26. The van der Waals surface area contributed by atoms with Crippen molar-refractivity contribution in [2.45, 2.75) is 33.3 Å². The summed E-state index contributed by atoms with van der Waals surface area (Å²) in [6.45, 7) is 7.31. The summed E-state index contributed by atoms with van der Waals surface area (Å²) in [5.41, 5.74) is 2.03. The molecule has 0 atom stereocenters. The quantitative estimate of drug-likeness (QED) is 0.548. The number of hydrogen-bond acceptors (Lipinski definition) is 4. The minimum absolute atomic E-state index is 0.344. The molecule has 0 saturated carbocycles. The Labute approximate surface area is 93.1 Å². The molecule has 0 unspecified atom stereocenters. The Balaban J connectivity index is 2.34. The fourth-order valence-electron chi connectivity index (χ4n) is 1.44. The standard InChI is InChI=1S/C12H14O4/c1-7-8(11(13)14-12(2,3)4)5-6-9-10(7)16-15-9/h5-6H,1-4H3. The average Bonchev–Trinajstić information content (AvgIpc) is 2.04. The van der Waals surface area contributed by atoms with Crippen LogP contribution >= 0.6 is 0 Å². The lowest BCUT2D eigenvalue weighted by Gasteiger charge is -2.20. The van der Waals surface area contributed by atoms with Gasteiger partial charge >= 0.3 is 5.97 Å². The zero-order valence-corrected chi connectivity index (χ0v) is 9.79. The van der Waals surface area contributed by atoms with Crippen molar-refractivity contribution in [3.63, 3.8) is 0 Å². The van der Waals surface area contributed by atoms with Crippen molar-refractivity contribution in [1.29, 1.82) is 0 Å². The summed E-state index contributed by atoms with van der Waals surface area (Å²) < 4.78 is 14.8. The third-order valence-electron chi connectivity index (χ3n) is 2.20. The Morgan fingerprint density at radius 2 is 1.94 bits per heavy atom. The molecular weight excluding hydrogens is 208 g/mol. The maximum Gasteiger partial charge on any atom is 0.339 e. The van der Waals surface area contributed by atoms with Gasteiger partial charge in [0, 0.05) is 5.56 Å². The molecule has 0 bridgehead atoms. The van der Waals surface area contributed by atoms with E-state index < -0.39 is 5.60 Å². The van der Waals surface area contributed by atoms with Crippen LogP contribution in [0.2, 0.25) is 0 Å². The first kappa shape index (κ1) is 10.8. The van der Waals surface area contributed by atoms with Crippen LogP contribution < -0.4 is 0 Å². The van der Waals surface area contributed by atoms with E-state index >= 15 is 0 Å². The molecule has 2 aromatic rings. The molecule has 0 aliphatic rings. The molecule has 0 N–H and O–H groups in total. The van der Waals surface area contributed by atoms with Crippen molar-refractivity contribution >= 4 is 17.1 Å². The van der Waals surface area contributed by atoms with Crippen LogP contribution in [0.4, 0.5) is 0 Å². The summed E-state index contributed by atoms with van der Waals surface area (Å²) in [5.74, 6) is -0.344. The van der Waals surface area contributed by atoms with Crippen LogP contribution in [0.15, 0.2) is 21.3 Å². The van der Waals surface area contributed by atoms with Crippen LogP contribution in [0, 0.1) is 6.92 Å². The third-order valence-corrected chi connectivity index (χ3v) is 2.20. The second-order valence-electron chi connectivity index (χ2n) is 4.73. The van der Waals surface area contributed by atoms with Gasteiger partial charge in [-0.3, -0.25) is 9.15 Å². The number of carbonyl (C=O) groups excluding carboxylic acids is 1. The molecular formula is C12H14O4. The number of aryl methyl sites for hydroxylation is 1. The minimum Gasteiger partial charge on any atom is -0.456 e. The van der Waals surface area contributed by atoms with Gasteiger partial charge in [0.15, 0.2) is 0 Å². The number of fused-ring (bicyclic) bond motifs is 1. The lowest BCUT2D eigenvalue weighted by Crippen LogP contribution is -2.24. The summed E-state index contributed by atoms with van der Waals surface area (Å²) in [6, 6.07) is 3.38. The van der Waals surface area contributed by atoms with Crippen molar-refractivity contribution in [1.82, 2.24) is 0 Å². The van der Waals surface area contributed by atoms with Crippen LogP contribution in [0.3, 0.4) is 0 Å². The maximum absolute atomic E-state index is 11.9. The SMILES string of the molecule is Cc1c(C(=O)OC(C)(C)C)ccc2ooc12. The van der Waals surface area contributed by atoms with E-state index in [-0.39, 0.29) is 5.97 Å². The van der Waals surface area contributed by atoms with Crippen LogP contribution in [-0.2, 0) is 4.74 Å². The van der Waals surface area contributed by atoms with Gasteiger partial charge in [-0.25, -0.2) is 4.79 Å². The van der Waals surface area contributed by atoms with Crippen molar-refractivity contribution < 1.29 is 18.7 Å². The van der Waals surface area contributed by atoms with E-state index in [1.165, 1.54) is 0 Å². The topological polar surface area (TPSA) is 52.6 Å². The van der Waals surface area contributed by atoms with E-state index in [4.69, 9.17) is 13.9 Å². The van der Waals surface area contributed by atoms with E-state index in [1.807, 2.05) is 20.8 Å². The van der Waals surface area contributed by atoms with Crippen molar-refractivity contribution in [3.8, 4) is 0 Å². The van der Waals surface area contributed by atoms with Gasteiger partial charge in [-0.15, -0.1) is 0 Å². The van der Waals surface area contributed by atoms with E-state index in [0.717, 1.165) is 5.56 Å². The minimum atomic E-state index is -0.496. The van der Waals surface area contributed by atoms with Gasteiger partial charge in [0.05, 0.1) is 5.56 Å². The highest BCUT2D eigenvalue weighted by molar-refractivity contribution is 5.95. The second-order valence-corrected chi connectivity index (χ2v) is 4.73. The van der Waals surface area contributed by atoms with Crippen molar-refractivity contribution in [3.05, 3.63) is 23.3 Å². The molecule has 86 valence electrons. The Morgan fingerprint density at radius 3 is 2.44 bits per heavy atom. The van der Waals surface area contributed by atoms with Gasteiger partial charge in [0.2, 0.25) is 11.2 Å². The summed E-state index contributed by atoms with van der Waals surface area (Å²) >= 11 is 0. The fraction of sp³-hybridized carbons (Fsp3) is 0.417. The number of esters is 1. The monoisotopic (exact) mass is 222 g/mol. The molecule has 2 rings (SSSR count). The molecule has 1 aromatic heterocycles. The zero-order chi connectivity index (χ0) is 11.9. The van der Waals surface area contributed by atoms with Crippen molar-refractivity contribution in [2.24, 2.45) is 0 Å². The highest BCUT2D eigenvalue weighted by atomic mass is 17.0. The number of hydrogen-bond donors (Lipinski definition) is 0.